The number of thioether (sulfide) groups is 1. The van der Waals surface area contributed by atoms with Crippen molar-refractivity contribution in [1.29, 1.82) is 0 Å². The summed E-state index contributed by atoms with van der Waals surface area (Å²) in [5, 5.41) is 24.9. The number of aliphatic hydroxyl groups excluding tert-OH is 1. The van der Waals surface area contributed by atoms with Crippen LogP contribution < -0.4 is 4.74 Å². The van der Waals surface area contributed by atoms with Gasteiger partial charge in [0.2, 0.25) is 5.16 Å². The van der Waals surface area contributed by atoms with Gasteiger partial charge in [0.05, 0.1) is 12.1 Å². The molecule has 1 fully saturated rings. The molecule has 0 saturated heterocycles. The fourth-order valence-electron chi connectivity index (χ4n) is 2.56. The maximum Gasteiger partial charge on any atom is 0.209 e. The molecule has 24 heavy (non-hydrogen) atoms. The summed E-state index contributed by atoms with van der Waals surface area (Å²) in [4.78, 5) is 0. The summed E-state index contributed by atoms with van der Waals surface area (Å²) < 4.78 is 7.67. The normalized spacial score (nSPS) is 15.5. The minimum atomic E-state index is -0.585. The molecule has 0 radical (unpaired) electrons. The van der Waals surface area contributed by atoms with Gasteiger partial charge in [0.15, 0.2) is 0 Å². The first kappa shape index (κ1) is 15.4. The lowest BCUT2D eigenvalue weighted by molar-refractivity contribution is 0.127. The highest BCUT2D eigenvalue weighted by Crippen LogP contribution is 2.36. The minimum Gasteiger partial charge on any atom is -0.490 e. The average Bonchev–Trinajstić information content (AvgIpc) is 3.36. The summed E-state index contributed by atoms with van der Waals surface area (Å²) >= 11 is 1.47. The SMILES string of the molecule is O[C@H](COc1cccc2ccccc12)CSc1nnnn1C1CC1. The fourth-order valence-corrected chi connectivity index (χ4v) is 3.40. The van der Waals surface area contributed by atoms with Crippen LogP contribution in [0.15, 0.2) is 47.6 Å². The first-order chi connectivity index (χ1) is 11.8. The van der Waals surface area contributed by atoms with Crippen molar-refractivity contribution in [3.63, 3.8) is 0 Å². The molecule has 1 saturated carbocycles. The van der Waals surface area contributed by atoms with Crippen LogP contribution in [-0.4, -0.2) is 43.8 Å². The van der Waals surface area contributed by atoms with E-state index in [1.54, 1.807) is 0 Å². The smallest absolute Gasteiger partial charge is 0.209 e. The van der Waals surface area contributed by atoms with Crippen LogP contribution in [0.25, 0.3) is 10.8 Å². The van der Waals surface area contributed by atoms with E-state index in [1.165, 1.54) is 11.8 Å². The predicted molar refractivity (Wildman–Crippen MR) is 92.3 cm³/mol. The zero-order chi connectivity index (χ0) is 16.4. The molecule has 2 aromatic carbocycles. The second-order valence-corrected chi connectivity index (χ2v) is 6.88. The van der Waals surface area contributed by atoms with Crippen molar-refractivity contribution < 1.29 is 9.84 Å². The molecular formula is C17H18N4O2S. The van der Waals surface area contributed by atoms with Crippen LogP contribution in [0.4, 0.5) is 0 Å². The molecule has 1 aromatic heterocycles. The molecule has 7 heteroatoms. The molecule has 0 bridgehead atoms. The van der Waals surface area contributed by atoms with E-state index in [9.17, 15) is 5.11 Å². The molecule has 0 spiro atoms. The number of rotatable bonds is 7. The molecule has 6 nitrogen and oxygen atoms in total. The number of benzene rings is 2. The number of fused-ring (bicyclic) bond motifs is 1. The molecule has 0 amide bonds. The van der Waals surface area contributed by atoms with Crippen LogP contribution in [0.2, 0.25) is 0 Å². The molecule has 0 aliphatic heterocycles. The van der Waals surface area contributed by atoms with Gasteiger partial charge in [-0.1, -0.05) is 48.2 Å². The maximum absolute atomic E-state index is 10.2. The molecule has 3 aromatic rings. The van der Waals surface area contributed by atoms with Crippen molar-refractivity contribution in [3.05, 3.63) is 42.5 Å². The second kappa shape index (κ2) is 6.78. The number of ether oxygens (including phenoxy) is 1. The third-order valence-electron chi connectivity index (χ3n) is 3.94. The van der Waals surface area contributed by atoms with E-state index in [0.29, 0.717) is 11.8 Å². The molecule has 124 valence electrons. The Bertz CT molecular complexity index is 829. The number of aliphatic hydroxyl groups is 1. The Hall–Kier alpha value is -2.12. The zero-order valence-electron chi connectivity index (χ0n) is 13.1. The van der Waals surface area contributed by atoms with Crippen molar-refractivity contribution in [2.24, 2.45) is 0 Å². The van der Waals surface area contributed by atoms with Crippen molar-refractivity contribution in [3.8, 4) is 5.75 Å². The summed E-state index contributed by atoms with van der Waals surface area (Å²) in [5.41, 5.74) is 0. The summed E-state index contributed by atoms with van der Waals surface area (Å²) in [6, 6.07) is 14.4. The Kier molecular flexibility index (Phi) is 4.36. The highest BCUT2D eigenvalue weighted by molar-refractivity contribution is 7.99. The van der Waals surface area contributed by atoms with Crippen molar-refractivity contribution in [2.45, 2.75) is 30.1 Å². The van der Waals surface area contributed by atoms with E-state index in [-0.39, 0.29) is 6.61 Å². The topological polar surface area (TPSA) is 73.1 Å². The van der Waals surface area contributed by atoms with E-state index in [0.717, 1.165) is 34.5 Å². The summed E-state index contributed by atoms with van der Waals surface area (Å²) in [6.45, 7) is 0.242. The van der Waals surface area contributed by atoms with E-state index in [4.69, 9.17) is 4.74 Å². The standard InChI is InChI=1S/C17H18N4O2S/c22-14(11-24-17-18-19-20-21(17)13-8-9-13)10-23-16-7-3-5-12-4-1-2-6-15(12)16/h1-7,13-14,22H,8-11H2/t14-/m1/s1. The van der Waals surface area contributed by atoms with Crippen molar-refractivity contribution in [1.82, 2.24) is 20.2 Å². The largest absolute Gasteiger partial charge is 0.490 e. The number of hydrogen-bond acceptors (Lipinski definition) is 6. The Labute approximate surface area is 143 Å². The van der Waals surface area contributed by atoms with Gasteiger partial charge in [0, 0.05) is 11.1 Å². The number of nitrogens with zero attached hydrogens (tertiary/aromatic N) is 4. The van der Waals surface area contributed by atoms with Crippen LogP contribution in [0.5, 0.6) is 5.75 Å². The molecule has 4 rings (SSSR count). The molecule has 1 N–H and O–H groups in total. The summed E-state index contributed by atoms with van der Waals surface area (Å²) in [5.74, 6) is 1.29. The predicted octanol–water partition coefficient (Wildman–Crippen LogP) is 2.69. The van der Waals surface area contributed by atoms with Crippen LogP contribution in [-0.2, 0) is 0 Å². The lowest BCUT2D eigenvalue weighted by atomic mass is 10.1. The Morgan fingerprint density at radius 2 is 2.04 bits per heavy atom. The van der Waals surface area contributed by atoms with Gasteiger partial charge >= 0.3 is 0 Å². The van der Waals surface area contributed by atoms with Gasteiger partial charge in [-0.05, 0) is 34.7 Å². The Morgan fingerprint density at radius 1 is 1.21 bits per heavy atom. The third-order valence-corrected chi connectivity index (χ3v) is 5.02. The highest BCUT2D eigenvalue weighted by atomic mass is 32.2. The van der Waals surface area contributed by atoms with Gasteiger partial charge in [-0.25, -0.2) is 4.68 Å². The zero-order valence-corrected chi connectivity index (χ0v) is 13.9. The van der Waals surface area contributed by atoms with E-state index in [1.807, 2.05) is 47.1 Å². The van der Waals surface area contributed by atoms with Gasteiger partial charge in [0.1, 0.15) is 12.4 Å². The fraction of sp³-hybridized carbons (Fsp3) is 0.353. The van der Waals surface area contributed by atoms with E-state index in [2.05, 4.69) is 15.5 Å². The van der Waals surface area contributed by atoms with Gasteiger partial charge in [-0.3, -0.25) is 0 Å². The van der Waals surface area contributed by atoms with Crippen LogP contribution in [0.3, 0.4) is 0 Å². The van der Waals surface area contributed by atoms with Crippen molar-refractivity contribution >= 4 is 22.5 Å². The second-order valence-electron chi connectivity index (χ2n) is 5.89. The van der Waals surface area contributed by atoms with E-state index >= 15 is 0 Å². The Balaban J connectivity index is 1.34. The molecular weight excluding hydrogens is 324 g/mol. The van der Waals surface area contributed by atoms with Gasteiger partial charge in [0.25, 0.3) is 0 Å². The summed E-state index contributed by atoms with van der Waals surface area (Å²) in [6.07, 6.45) is 1.68. The molecule has 1 atom stereocenters. The highest BCUT2D eigenvalue weighted by Gasteiger charge is 2.28. The van der Waals surface area contributed by atoms with Gasteiger partial charge in [-0.15, -0.1) is 5.10 Å². The van der Waals surface area contributed by atoms with Crippen molar-refractivity contribution in [2.75, 3.05) is 12.4 Å². The molecule has 0 unspecified atom stereocenters. The monoisotopic (exact) mass is 342 g/mol. The molecule has 1 aliphatic carbocycles. The van der Waals surface area contributed by atoms with Crippen LogP contribution in [0.1, 0.15) is 18.9 Å². The maximum atomic E-state index is 10.2. The molecule has 1 heterocycles. The van der Waals surface area contributed by atoms with Gasteiger partial charge in [-0.2, -0.15) is 0 Å². The van der Waals surface area contributed by atoms with Crippen LogP contribution >= 0.6 is 11.8 Å². The average molecular weight is 342 g/mol. The lowest BCUT2D eigenvalue weighted by Crippen LogP contribution is -2.20. The molecule has 1 aliphatic rings. The summed E-state index contributed by atoms with van der Waals surface area (Å²) in [7, 11) is 0. The van der Waals surface area contributed by atoms with Crippen LogP contribution in [0, 0.1) is 0 Å². The lowest BCUT2D eigenvalue weighted by Gasteiger charge is -2.13. The number of tetrazole rings is 1. The van der Waals surface area contributed by atoms with E-state index < -0.39 is 6.10 Å². The Morgan fingerprint density at radius 3 is 2.92 bits per heavy atom. The first-order valence-corrected chi connectivity index (χ1v) is 8.99. The number of aromatic nitrogens is 4. The number of hydrogen-bond donors (Lipinski definition) is 1. The third kappa shape index (κ3) is 3.37. The quantitative estimate of drug-likeness (QED) is 0.666. The van der Waals surface area contributed by atoms with Gasteiger partial charge < -0.3 is 9.84 Å². The first-order valence-electron chi connectivity index (χ1n) is 8.00. The minimum absolute atomic E-state index is 0.242.